The van der Waals surface area contributed by atoms with E-state index in [9.17, 15) is 4.79 Å². The molecule has 2 rings (SSSR count). The fourth-order valence-corrected chi connectivity index (χ4v) is 2.79. The summed E-state index contributed by atoms with van der Waals surface area (Å²) in [6.07, 6.45) is 6.47. The molecule has 0 bridgehead atoms. The molecule has 0 atom stereocenters. The number of hydrogen-bond acceptors (Lipinski definition) is 5. The van der Waals surface area contributed by atoms with Crippen molar-refractivity contribution in [3.8, 4) is 0 Å². The minimum absolute atomic E-state index is 0.00753. The van der Waals surface area contributed by atoms with Crippen molar-refractivity contribution in [3.63, 3.8) is 0 Å². The summed E-state index contributed by atoms with van der Waals surface area (Å²) in [5.41, 5.74) is 0. The third-order valence-corrected chi connectivity index (χ3v) is 4.08. The van der Waals surface area contributed by atoms with Gasteiger partial charge in [-0.2, -0.15) is 0 Å². The highest BCUT2D eigenvalue weighted by Gasteiger charge is 2.12. The maximum Gasteiger partial charge on any atom is 0.216 e. The van der Waals surface area contributed by atoms with Crippen LogP contribution in [0.25, 0.3) is 0 Å². The van der Waals surface area contributed by atoms with Crippen LogP contribution in [0.2, 0.25) is 0 Å². The van der Waals surface area contributed by atoms with E-state index in [2.05, 4.69) is 10.3 Å². The zero-order valence-corrected chi connectivity index (χ0v) is 11.4. The van der Waals surface area contributed by atoms with Crippen LogP contribution >= 0.6 is 11.3 Å². The fourth-order valence-electron chi connectivity index (χ4n) is 2.23. The number of hydrogen-bond donors (Lipinski definition) is 1. The minimum atomic E-state index is -0.00753. The lowest BCUT2D eigenvalue weighted by molar-refractivity contribution is 0.0744. The molecule has 1 saturated heterocycles. The number of nitrogens with zero attached hydrogens (tertiary/aromatic N) is 1. The molecule has 0 spiro atoms. The van der Waals surface area contributed by atoms with E-state index in [4.69, 9.17) is 4.74 Å². The summed E-state index contributed by atoms with van der Waals surface area (Å²) in [6, 6.07) is 0. The van der Waals surface area contributed by atoms with Crippen molar-refractivity contribution < 1.29 is 9.53 Å². The van der Waals surface area contributed by atoms with Crippen LogP contribution in [-0.2, 0) is 4.74 Å². The van der Waals surface area contributed by atoms with Crippen molar-refractivity contribution in [2.75, 3.05) is 26.3 Å². The first-order chi connectivity index (χ1) is 8.86. The van der Waals surface area contributed by atoms with Gasteiger partial charge in [0.25, 0.3) is 0 Å². The Balaban J connectivity index is 1.52. The van der Waals surface area contributed by atoms with Crippen molar-refractivity contribution in [2.24, 2.45) is 5.92 Å². The van der Waals surface area contributed by atoms with Gasteiger partial charge in [-0.3, -0.25) is 4.79 Å². The molecule has 1 aromatic rings. The highest BCUT2D eigenvalue weighted by molar-refractivity contribution is 7.11. The fraction of sp³-hybridized carbons (Fsp3) is 0.692. The Morgan fingerprint density at radius 3 is 3.06 bits per heavy atom. The summed E-state index contributed by atoms with van der Waals surface area (Å²) in [7, 11) is 0. The second kappa shape index (κ2) is 7.61. The summed E-state index contributed by atoms with van der Waals surface area (Å²) in [4.78, 5) is 15.6. The van der Waals surface area contributed by atoms with E-state index in [0.29, 0.717) is 11.6 Å². The van der Waals surface area contributed by atoms with Crippen molar-refractivity contribution in [3.05, 3.63) is 16.6 Å². The van der Waals surface area contributed by atoms with Crippen molar-refractivity contribution in [2.45, 2.75) is 25.7 Å². The normalized spacial score (nSPS) is 16.9. The summed E-state index contributed by atoms with van der Waals surface area (Å²) in [5, 5.41) is 5.72. The molecule has 1 aliphatic rings. The van der Waals surface area contributed by atoms with Gasteiger partial charge in [0.05, 0.1) is 0 Å². The molecule has 5 heteroatoms. The van der Waals surface area contributed by atoms with Gasteiger partial charge in [0.15, 0.2) is 5.01 Å². The largest absolute Gasteiger partial charge is 0.373 e. The van der Waals surface area contributed by atoms with Crippen molar-refractivity contribution >= 4 is 17.1 Å². The lowest BCUT2D eigenvalue weighted by atomic mass is 9.93. The van der Waals surface area contributed by atoms with Gasteiger partial charge in [0.1, 0.15) is 6.61 Å². The number of rotatable bonds is 7. The summed E-state index contributed by atoms with van der Waals surface area (Å²) >= 11 is 1.37. The van der Waals surface area contributed by atoms with Crippen molar-refractivity contribution in [1.29, 1.82) is 0 Å². The van der Waals surface area contributed by atoms with Gasteiger partial charge in [-0.05, 0) is 44.7 Å². The monoisotopic (exact) mass is 268 g/mol. The van der Waals surface area contributed by atoms with Gasteiger partial charge in [-0.25, -0.2) is 4.98 Å². The number of aromatic nitrogens is 1. The Hall–Kier alpha value is -0.780. The molecule has 1 aliphatic heterocycles. The molecule has 2 heterocycles. The number of carbonyl (C=O) groups excluding carboxylic acids is 1. The molecule has 0 amide bonds. The molecular formula is C13H20N2O2S. The molecule has 18 heavy (non-hydrogen) atoms. The van der Waals surface area contributed by atoms with Crippen LogP contribution in [0.5, 0.6) is 0 Å². The Labute approximate surface area is 112 Å². The van der Waals surface area contributed by atoms with E-state index in [-0.39, 0.29) is 12.4 Å². The molecule has 4 nitrogen and oxygen atoms in total. The lowest BCUT2D eigenvalue weighted by Crippen LogP contribution is -2.27. The summed E-state index contributed by atoms with van der Waals surface area (Å²) < 4.78 is 5.41. The Kier molecular flexibility index (Phi) is 5.77. The van der Waals surface area contributed by atoms with Gasteiger partial charge in [0.2, 0.25) is 5.78 Å². The zero-order chi connectivity index (χ0) is 12.6. The first-order valence-electron chi connectivity index (χ1n) is 6.57. The number of piperidine rings is 1. The van der Waals surface area contributed by atoms with Crippen LogP contribution in [0.15, 0.2) is 11.6 Å². The second-order valence-electron chi connectivity index (χ2n) is 4.65. The van der Waals surface area contributed by atoms with Crippen LogP contribution in [0.1, 0.15) is 35.5 Å². The quantitative estimate of drug-likeness (QED) is 0.608. The van der Waals surface area contributed by atoms with E-state index < -0.39 is 0 Å². The smallest absolute Gasteiger partial charge is 0.216 e. The number of ketones is 1. The molecule has 1 fully saturated rings. The predicted molar refractivity (Wildman–Crippen MR) is 72.1 cm³/mol. The SMILES string of the molecule is O=C(COCCCC1CCNCC1)c1nccs1. The highest BCUT2D eigenvalue weighted by Crippen LogP contribution is 2.17. The van der Waals surface area contributed by atoms with E-state index in [1.807, 2.05) is 5.38 Å². The third-order valence-electron chi connectivity index (χ3n) is 3.26. The van der Waals surface area contributed by atoms with Crippen LogP contribution in [0.4, 0.5) is 0 Å². The summed E-state index contributed by atoms with van der Waals surface area (Å²) in [6.45, 7) is 3.14. The second-order valence-corrected chi connectivity index (χ2v) is 5.54. The summed E-state index contributed by atoms with van der Waals surface area (Å²) in [5.74, 6) is 0.830. The molecule has 0 unspecified atom stereocenters. The highest BCUT2D eigenvalue weighted by atomic mass is 32.1. The Morgan fingerprint density at radius 1 is 1.50 bits per heavy atom. The van der Waals surface area contributed by atoms with Crippen LogP contribution < -0.4 is 5.32 Å². The van der Waals surface area contributed by atoms with Crippen LogP contribution in [-0.4, -0.2) is 37.1 Å². The maximum atomic E-state index is 11.6. The number of carbonyl (C=O) groups is 1. The van der Waals surface area contributed by atoms with Crippen molar-refractivity contribution in [1.82, 2.24) is 10.3 Å². The van der Waals surface area contributed by atoms with Crippen LogP contribution in [0.3, 0.4) is 0 Å². The molecule has 0 aromatic carbocycles. The molecule has 1 aromatic heterocycles. The van der Waals surface area contributed by atoms with Gasteiger partial charge in [-0.15, -0.1) is 11.3 Å². The zero-order valence-electron chi connectivity index (χ0n) is 10.6. The van der Waals surface area contributed by atoms with E-state index >= 15 is 0 Å². The standard InChI is InChI=1S/C13H20N2O2S/c16-12(13-15-7-9-18-13)10-17-8-1-2-11-3-5-14-6-4-11/h7,9,11,14H,1-6,8,10H2. The van der Waals surface area contributed by atoms with Gasteiger partial charge in [-0.1, -0.05) is 0 Å². The minimum Gasteiger partial charge on any atom is -0.373 e. The molecule has 0 saturated carbocycles. The number of thiazole rings is 1. The molecule has 0 aliphatic carbocycles. The van der Waals surface area contributed by atoms with Gasteiger partial charge in [0, 0.05) is 18.2 Å². The van der Waals surface area contributed by atoms with E-state index in [1.165, 1.54) is 30.6 Å². The first kappa shape index (κ1) is 13.6. The van der Waals surface area contributed by atoms with Crippen LogP contribution in [0, 0.1) is 5.92 Å². The third kappa shape index (κ3) is 4.48. The molecule has 1 N–H and O–H groups in total. The molecule has 0 radical (unpaired) electrons. The number of ether oxygens (including phenoxy) is 1. The van der Waals surface area contributed by atoms with E-state index in [1.54, 1.807) is 6.20 Å². The number of nitrogens with one attached hydrogen (secondary N) is 1. The van der Waals surface area contributed by atoms with Gasteiger partial charge >= 0.3 is 0 Å². The Bertz CT molecular complexity index is 348. The molecular weight excluding hydrogens is 248 g/mol. The first-order valence-corrected chi connectivity index (χ1v) is 7.45. The van der Waals surface area contributed by atoms with E-state index in [0.717, 1.165) is 25.4 Å². The Morgan fingerprint density at radius 2 is 2.33 bits per heavy atom. The maximum absolute atomic E-state index is 11.6. The number of Topliss-reactive ketones (excluding diaryl/α,β-unsaturated/α-hetero) is 1. The average Bonchev–Trinajstić information content (AvgIpc) is 2.93. The predicted octanol–water partition coefficient (Wildman–Crippen LogP) is 2.12. The van der Waals surface area contributed by atoms with Gasteiger partial charge < -0.3 is 10.1 Å². The molecule has 100 valence electrons. The average molecular weight is 268 g/mol. The topological polar surface area (TPSA) is 51.2 Å². The lowest BCUT2D eigenvalue weighted by Gasteiger charge is -2.22.